The minimum atomic E-state index is -0.300. The molecule has 0 spiro atoms. The van der Waals surface area contributed by atoms with Crippen molar-refractivity contribution in [3.8, 4) is 23.3 Å². The zero-order valence-electron chi connectivity index (χ0n) is 34.1. The van der Waals surface area contributed by atoms with E-state index in [-0.39, 0.29) is 24.3 Å². The SMILES string of the molecule is CCC1CN2CCC1CC2[C@@H](Oc1nnc(O[C@@H](c2ccnc3ccc(OC)cc23)C2C[C@@H]3CCN2CC3CC)c2ccccc12)c1ccnc2ccc(OC)cc12. The number of nitrogens with zero attached hydrogens (tertiary/aromatic N) is 6. The molecule has 10 atom stereocenters. The van der Waals surface area contributed by atoms with Gasteiger partial charge in [-0.05, 0) is 123 Å². The molecule has 7 unspecified atom stereocenters. The fourth-order valence-corrected chi connectivity index (χ4v) is 11.1. The van der Waals surface area contributed by atoms with Gasteiger partial charge in [-0.2, -0.15) is 0 Å². The molecular weight excluding hydrogens is 725 g/mol. The van der Waals surface area contributed by atoms with Gasteiger partial charge in [-0.1, -0.05) is 38.8 Å². The summed E-state index contributed by atoms with van der Waals surface area (Å²) in [7, 11) is 3.42. The van der Waals surface area contributed by atoms with Gasteiger partial charge in [0.2, 0.25) is 11.8 Å². The highest BCUT2D eigenvalue weighted by molar-refractivity contribution is 5.91. The van der Waals surface area contributed by atoms with Crippen LogP contribution < -0.4 is 18.9 Å². The van der Waals surface area contributed by atoms with E-state index in [1.54, 1.807) is 14.2 Å². The largest absolute Gasteiger partial charge is 0.497 e. The molecule has 0 N–H and O–H groups in total. The molecule has 4 bridgehead atoms. The van der Waals surface area contributed by atoms with Gasteiger partial charge in [-0.25, -0.2) is 0 Å². The lowest BCUT2D eigenvalue weighted by molar-refractivity contribution is -0.0505. The Balaban J connectivity index is 1.06. The summed E-state index contributed by atoms with van der Waals surface area (Å²) >= 11 is 0. The Morgan fingerprint density at radius 2 is 1.07 bits per heavy atom. The average Bonchev–Trinajstić information content (AvgIpc) is 3.29. The van der Waals surface area contributed by atoms with Gasteiger partial charge in [0.1, 0.15) is 23.7 Å². The molecular formula is C48H54N6O4. The van der Waals surface area contributed by atoms with Gasteiger partial charge < -0.3 is 18.9 Å². The van der Waals surface area contributed by atoms with Gasteiger partial charge in [-0.3, -0.25) is 19.8 Å². The van der Waals surface area contributed by atoms with Crippen molar-refractivity contribution < 1.29 is 18.9 Å². The lowest BCUT2D eigenvalue weighted by Gasteiger charge is -2.52. The molecule has 6 fully saturated rings. The molecule has 3 aromatic carbocycles. The Labute approximate surface area is 340 Å². The Morgan fingerprint density at radius 1 is 0.603 bits per heavy atom. The van der Waals surface area contributed by atoms with Crippen LogP contribution in [0.2, 0.25) is 0 Å². The number of methoxy groups -OCH3 is 2. The maximum absolute atomic E-state index is 7.30. The summed E-state index contributed by atoms with van der Waals surface area (Å²) in [6, 6.07) is 25.1. The van der Waals surface area contributed by atoms with Crippen LogP contribution in [0.15, 0.2) is 85.2 Å². The van der Waals surface area contributed by atoms with E-state index in [9.17, 15) is 0 Å². The Morgan fingerprint density at radius 3 is 1.47 bits per heavy atom. The first-order valence-electron chi connectivity index (χ1n) is 21.5. The van der Waals surface area contributed by atoms with Gasteiger partial charge in [0, 0.05) is 47.4 Å². The van der Waals surface area contributed by atoms with Crippen LogP contribution >= 0.6 is 0 Å². The zero-order valence-corrected chi connectivity index (χ0v) is 34.1. The number of ether oxygens (including phenoxy) is 4. The number of piperidine rings is 6. The van der Waals surface area contributed by atoms with Gasteiger partial charge in [0.25, 0.3) is 0 Å². The van der Waals surface area contributed by atoms with E-state index in [4.69, 9.17) is 39.1 Å². The van der Waals surface area contributed by atoms with Gasteiger partial charge in [-0.15, -0.1) is 10.2 Å². The van der Waals surface area contributed by atoms with E-state index in [1.165, 1.54) is 25.7 Å². The number of fused-ring (bicyclic) bond motifs is 9. The summed E-state index contributed by atoms with van der Waals surface area (Å²) in [4.78, 5) is 14.8. The summed E-state index contributed by atoms with van der Waals surface area (Å²) in [5, 5.41) is 13.7. The van der Waals surface area contributed by atoms with Crippen LogP contribution in [0.4, 0.5) is 0 Å². The second-order valence-electron chi connectivity index (χ2n) is 17.0. The molecule has 12 rings (SSSR count). The molecule has 6 aliphatic rings. The minimum Gasteiger partial charge on any atom is -0.497 e. The van der Waals surface area contributed by atoms with E-state index in [2.05, 4.69) is 72.2 Å². The highest BCUT2D eigenvalue weighted by atomic mass is 16.5. The average molecular weight is 779 g/mol. The first kappa shape index (κ1) is 37.2. The molecule has 10 heteroatoms. The normalized spacial score (nSPS) is 27.4. The zero-order chi connectivity index (χ0) is 39.3. The summed E-state index contributed by atoms with van der Waals surface area (Å²) in [6.07, 6.45) is 10.2. The number of rotatable bonds is 12. The van der Waals surface area contributed by atoms with Gasteiger partial charge in [0.05, 0.1) is 48.1 Å². The third-order valence-corrected chi connectivity index (χ3v) is 14.3. The summed E-state index contributed by atoms with van der Waals surface area (Å²) in [5.74, 6) is 5.39. The van der Waals surface area contributed by atoms with Crippen molar-refractivity contribution in [2.75, 3.05) is 40.4 Å². The minimum absolute atomic E-state index is 0.180. The van der Waals surface area contributed by atoms with Crippen LogP contribution in [0.5, 0.6) is 23.3 Å². The molecule has 6 aromatic rings. The quantitative estimate of drug-likeness (QED) is 0.120. The number of benzene rings is 3. The molecule has 0 amide bonds. The number of hydrogen-bond acceptors (Lipinski definition) is 10. The Hall–Kier alpha value is -5.06. The predicted molar refractivity (Wildman–Crippen MR) is 227 cm³/mol. The van der Waals surface area contributed by atoms with E-state index < -0.39 is 0 Å². The van der Waals surface area contributed by atoms with Crippen molar-refractivity contribution in [3.63, 3.8) is 0 Å². The van der Waals surface area contributed by atoms with Crippen molar-refractivity contribution in [2.24, 2.45) is 23.7 Å². The van der Waals surface area contributed by atoms with Crippen molar-refractivity contribution in [1.29, 1.82) is 0 Å². The monoisotopic (exact) mass is 778 g/mol. The van der Waals surface area contributed by atoms with Gasteiger partial charge in [0.15, 0.2) is 0 Å². The van der Waals surface area contributed by atoms with E-state index >= 15 is 0 Å². The van der Waals surface area contributed by atoms with E-state index in [1.807, 2.05) is 36.7 Å². The third kappa shape index (κ3) is 6.58. The molecule has 6 saturated heterocycles. The number of aromatic nitrogens is 4. The molecule has 3 aromatic heterocycles. The second-order valence-corrected chi connectivity index (χ2v) is 17.0. The molecule has 300 valence electrons. The summed E-state index contributed by atoms with van der Waals surface area (Å²) < 4.78 is 26.0. The maximum atomic E-state index is 7.30. The maximum Gasteiger partial charge on any atom is 0.242 e. The molecule has 0 aliphatic carbocycles. The summed E-state index contributed by atoms with van der Waals surface area (Å²) in [5.41, 5.74) is 4.01. The molecule has 10 nitrogen and oxygen atoms in total. The van der Waals surface area contributed by atoms with Crippen LogP contribution in [0.3, 0.4) is 0 Å². The smallest absolute Gasteiger partial charge is 0.242 e. The van der Waals surface area contributed by atoms with E-state index in [0.29, 0.717) is 35.4 Å². The predicted octanol–water partition coefficient (Wildman–Crippen LogP) is 9.22. The fraction of sp³-hybridized carbons (Fsp3) is 0.458. The fourth-order valence-electron chi connectivity index (χ4n) is 11.1. The van der Waals surface area contributed by atoms with Crippen molar-refractivity contribution >= 4 is 32.6 Å². The van der Waals surface area contributed by atoms with Crippen LogP contribution in [-0.2, 0) is 0 Å². The van der Waals surface area contributed by atoms with Crippen molar-refractivity contribution in [2.45, 2.75) is 76.7 Å². The van der Waals surface area contributed by atoms with Gasteiger partial charge >= 0.3 is 0 Å². The van der Waals surface area contributed by atoms with Crippen LogP contribution in [0.1, 0.15) is 75.7 Å². The van der Waals surface area contributed by atoms with Crippen molar-refractivity contribution in [3.05, 3.63) is 96.3 Å². The lowest BCUT2D eigenvalue weighted by atomic mass is 9.72. The second kappa shape index (κ2) is 15.6. The van der Waals surface area contributed by atoms with Crippen molar-refractivity contribution in [1.82, 2.24) is 30.0 Å². The highest BCUT2D eigenvalue weighted by Crippen LogP contribution is 2.47. The standard InChI is InChI=1S/C48H54N6O4/c1-5-29-27-53-21-17-31(29)23-43(53)45(35-15-19-49-41-13-11-33(55-3)25-39(35)41)57-47-37-9-7-8-10-38(37)48(52-51-47)58-46(44-24-32-18-22-54(44)28-30(32)6-2)36-16-20-50-42-14-12-34(56-4)26-40(36)42/h7-16,19-20,25-26,29-32,43-46H,5-6,17-18,21-24,27-28H2,1-4H3/t29?,30?,31-,32?,43?,44?,45-,46-/m0/s1. The summed E-state index contributed by atoms with van der Waals surface area (Å²) in [6.45, 7) is 9.00. The molecule has 0 saturated carbocycles. The Kier molecular flexibility index (Phi) is 10.0. The molecule has 0 radical (unpaired) electrons. The van der Waals surface area contributed by atoms with E-state index in [0.717, 1.165) is 94.2 Å². The van der Waals surface area contributed by atoms with Crippen LogP contribution in [0, 0.1) is 23.7 Å². The third-order valence-electron chi connectivity index (χ3n) is 14.3. The first-order chi connectivity index (χ1) is 28.5. The Bertz CT molecular complexity index is 2280. The molecule has 9 heterocycles. The number of hydrogen-bond donors (Lipinski definition) is 0. The highest BCUT2D eigenvalue weighted by Gasteiger charge is 2.46. The van der Waals surface area contributed by atoms with Crippen LogP contribution in [-0.4, -0.2) is 82.4 Å². The topological polar surface area (TPSA) is 95.0 Å². The van der Waals surface area contributed by atoms with Crippen LogP contribution in [0.25, 0.3) is 32.6 Å². The lowest BCUT2D eigenvalue weighted by Crippen LogP contribution is -2.56. The molecule has 6 aliphatic heterocycles. The number of pyridine rings is 2. The molecule has 58 heavy (non-hydrogen) atoms. The first-order valence-corrected chi connectivity index (χ1v) is 21.5.